The van der Waals surface area contributed by atoms with E-state index in [0.29, 0.717) is 17.7 Å². The van der Waals surface area contributed by atoms with Crippen LogP contribution in [0.15, 0.2) is 30.0 Å². The van der Waals surface area contributed by atoms with E-state index in [1.54, 1.807) is 6.07 Å². The van der Waals surface area contributed by atoms with Crippen LogP contribution >= 0.6 is 0 Å². The van der Waals surface area contributed by atoms with E-state index in [1.165, 1.54) is 0 Å². The molecule has 0 saturated heterocycles. The molecular formula is C17H23NO3. The molecule has 0 unspecified atom stereocenters. The molecule has 1 rings (SSSR count). The Morgan fingerprint density at radius 2 is 1.95 bits per heavy atom. The predicted molar refractivity (Wildman–Crippen MR) is 83.3 cm³/mol. The Balaban J connectivity index is 2.87. The summed E-state index contributed by atoms with van der Waals surface area (Å²) < 4.78 is 0. The van der Waals surface area contributed by atoms with Gasteiger partial charge in [0.1, 0.15) is 0 Å². The second kappa shape index (κ2) is 8.25. The molecule has 0 heterocycles. The number of carbonyl (C=O) groups is 2. The Morgan fingerprint density at radius 1 is 1.24 bits per heavy atom. The van der Waals surface area contributed by atoms with Gasteiger partial charge < -0.3 is 10.4 Å². The number of aryl methyl sites for hydroxylation is 1. The molecule has 0 atom stereocenters. The fourth-order valence-corrected chi connectivity index (χ4v) is 2.23. The van der Waals surface area contributed by atoms with Crippen molar-refractivity contribution in [3.05, 3.63) is 46.7 Å². The zero-order valence-electron chi connectivity index (χ0n) is 12.9. The quantitative estimate of drug-likeness (QED) is 0.808. The maximum absolute atomic E-state index is 12.4. The van der Waals surface area contributed by atoms with Gasteiger partial charge in [0, 0.05) is 11.3 Å². The third-order valence-electron chi connectivity index (χ3n) is 3.40. The predicted octanol–water partition coefficient (Wildman–Crippen LogP) is 3.45. The highest BCUT2D eigenvalue weighted by Gasteiger charge is 2.12. The number of carboxylic acid groups (broad SMARTS) is 1. The minimum Gasteiger partial charge on any atom is -0.481 e. The minimum atomic E-state index is -0.865. The average Bonchev–Trinajstić information content (AvgIpc) is 2.45. The van der Waals surface area contributed by atoms with Crippen LogP contribution in [0.5, 0.6) is 0 Å². The van der Waals surface area contributed by atoms with Gasteiger partial charge in [-0.1, -0.05) is 32.1 Å². The number of hydrogen-bond donors (Lipinski definition) is 2. The van der Waals surface area contributed by atoms with Crippen molar-refractivity contribution in [2.45, 2.75) is 46.5 Å². The fraction of sp³-hybridized carbons (Fsp3) is 0.412. The van der Waals surface area contributed by atoms with Gasteiger partial charge in [-0.2, -0.15) is 0 Å². The van der Waals surface area contributed by atoms with Crippen LogP contribution in [-0.4, -0.2) is 17.0 Å². The van der Waals surface area contributed by atoms with Gasteiger partial charge in [0.25, 0.3) is 5.91 Å². The molecule has 0 aromatic heterocycles. The number of benzene rings is 1. The molecule has 0 saturated carbocycles. The SMILES string of the molecule is CC/C=C(\CCC(=O)O)NC(=O)c1cccc(CC)c1C. The monoisotopic (exact) mass is 289 g/mol. The number of aliphatic carboxylic acids is 1. The number of amides is 1. The smallest absolute Gasteiger partial charge is 0.303 e. The lowest BCUT2D eigenvalue weighted by Crippen LogP contribution is -2.24. The van der Waals surface area contributed by atoms with Crippen molar-refractivity contribution in [3.63, 3.8) is 0 Å². The molecule has 1 amide bonds. The van der Waals surface area contributed by atoms with Crippen LogP contribution in [0.3, 0.4) is 0 Å². The fourth-order valence-electron chi connectivity index (χ4n) is 2.23. The summed E-state index contributed by atoms with van der Waals surface area (Å²) in [5.74, 6) is -1.04. The summed E-state index contributed by atoms with van der Waals surface area (Å²) in [6.45, 7) is 5.95. The van der Waals surface area contributed by atoms with Crippen molar-refractivity contribution >= 4 is 11.9 Å². The highest BCUT2D eigenvalue weighted by molar-refractivity contribution is 5.97. The maximum atomic E-state index is 12.4. The van der Waals surface area contributed by atoms with Crippen LogP contribution in [0.25, 0.3) is 0 Å². The van der Waals surface area contributed by atoms with Crippen molar-refractivity contribution in [2.24, 2.45) is 0 Å². The Bertz CT molecular complexity index is 547. The third-order valence-corrected chi connectivity index (χ3v) is 3.40. The second-order valence-corrected chi connectivity index (χ2v) is 4.93. The lowest BCUT2D eigenvalue weighted by atomic mass is 10.00. The highest BCUT2D eigenvalue weighted by atomic mass is 16.4. The van der Waals surface area contributed by atoms with E-state index in [0.717, 1.165) is 24.0 Å². The van der Waals surface area contributed by atoms with Crippen molar-refractivity contribution < 1.29 is 14.7 Å². The number of carbonyl (C=O) groups excluding carboxylic acids is 1. The van der Waals surface area contributed by atoms with E-state index in [9.17, 15) is 9.59 Å². The molecule has 0 aliphatic carbocycles. The molecule has 21 heavy (non-hydrogen) atoms. The van der Waals surface area contributed by atoms with E-state index < -0.39 is 5.97 Å². The first-order valence-electron chi connectivity index (χ1n) is 7.30. The molecule has 0 radical (unpaired) electrons. The average molecular weight is 289 g/mol. The summed E-state index contributed by atoms with van der Waals surface area (Å²) in [5, 5.41) is 11.6. The lowest BCUT2D eigenvalue weighted by Gasteiger charge is -2.12. The highest BCUT2D eigenvalue weighted by Crippen LogP contribution is 2.15. The minimum absolute atomic E-state index is 0.0140. The van der Waals surface area contributed by atoms with Gasteiger partial charge in [0.2, 0.25) is 0 Å². The molecule has 1 aromatic rings. The van der Waals surface area contributed by atoms with E-state index in [4.69, 9.17) is 5.11 Å². The second-order valence-electron chi connectivity index (χ2n) is 4.93. The van der Waals surface area contributed by atoms with E-state index >= 15 is 0 Å². The van der Waals surface area contributed by atoms with Gasteiger partial charge >= 0.3 is 5.97 Å². The van der Waals surface area contributed by atoms with E-state index in [1.807, 2.05) is 32.1 Å². The standard InChI is InChI=1S/C17H23NO3/c1-4-7-14(10-11-16(19)20)18-17(21)15-9-6-8-13(5-2)12(15)3/h6-9H,4-5,10-11H2,1-3H3,(H,18,21)(H,19,20)/b14-7+. The molecule has 0 bridgehead atoms. The zero-order valence-corrected chi connectivity index (χ0v) is 12.9. The maximum Gasteiger partial charge on any atom is 0.303 e. The topological polar surface area (TPSA) is 66.4 Å². The third kappa shape index (κ3) is 5.06. The first-order chi connectivity index (χ1) is 9.99. The van der Waals surface area contributed by atoms with Crippen molar-refractivity contribution in [3.8, 4) is 0 Å². The van der Waals surface area contributed by atoms with Gasteiger partial charge in [-0.3, -0.25) is 9.59 Å². The number of carboxylic acids is 1. The van der Waals surface area contributed by atoms with Crippen LogP contribution in [-0.2, 0) is 11.2 Å². The molecule has 0 aliphatic heterocycles. The summed E-state index contributed by atoms with van der Waals surface area (Å²) in [7, 11) is 0. The van der Waals surface area contributed by atoms with Crippen molar-refractivity contribution in [1.29, 1.82) is 0 Å². The molecule has 0 fully saturated rings. The van der Waals surface area contributed by atoms with Crippen molar-refractivity contribution in [1.82, 2.24) is 5.32 Å². The van der Waals surface area contributed by atoms with Crippen LogP contribution in [0.4, 0.5) is 0 Å². The van der Waals surface area contributed by atoms with Crippen LogP contribution in [0.2, 0.25) is 0 Å². The van der Waals surface area contributed by atoms with Crippen molar-refractivity contribution in [2.75, 3.05) is 0 Å². The number of hydrogen-bond acceptors (Lipinski definition) is 2. The number of rotatable bonds is 7. The number of nitrogens with one attached hydrogen (secondary N) is 1. The molecule has 2 N–H and O–H groups in total. The molecule has 1 aromatic carbocycles. The Labute approximate surface area is 125 Å². The van der Waals surface area contributed by atoms with Crippen LogP contribution in [0.1, 0.15) is 54.6 Å². The van der Waals surface area contributed by atoms with Gasteiger partial charge in [0.05, 0.1) is 6.42 Å². The Morgan fingerprint density at radius 3 is 2.52 bits per heavy atom. The first kappa shape index (κ1) is 17.0. The van der Waals surface area contributed by atoms with E-state index in [2.05, 4.69) is 12.2 Å². The molecular weight excluding hydrogens is 266 g/mol. The first-order valence-corrected chi connectivity index (χ1v) is 7.30. The van der Waals surface area contributed by atoms with E-state index in [-0.39, 0.29) is 12.3 Å². The van der Waals surface area contributed by atoms with Gasteiger partial charge in [-0.15, -0.1) is 0 Å². The van der Waals surface area contributed by atoms with Crippen LogP contribution in [0, 0.1) is 6.92 Å². The number of allylic oxidation sites excluding steroid dienone is 2. The van der Waals surface area contributed by atoms with Gasteiger partial charge in [-0.05, 0) is 43.4 Å². The molecule has 114 valence electrons. The normalized spacial score (nSPS) is 11.3. The summed E-state index contributed by atoms with van der Waals surface area (Å²) in [4.78, 5) is 23.0. The zero-order chi connectivity index (χ0) is 15.8. The molecule has 0 aliphatic rings. The lowest BCUT2D eigenvalue weighted by molar-refractivity contribution is -0.136. The summed E-state index contributed by atoms with van der Waals surface area (Å²) in [6.07, 6.45) is 3.84. The van der Waals surface area contributed by atoms with Gasteiger partial charge in [0.15, 0.2) is 0 Å². The molecule has 0 spiro atoms. The largest absolute Gasteiger partial charge is 0.481 e. The Kier molecular flexibility index (Phi) is 6.66. The summed E-state index contributed by atoms with van der Waals surface area (Å²) in [6, 6.07) is 5.69. The molecule has 4 heteroatoms. The van der Waals surface area contributed by atoms with Crippen LogP contribution < -0.4 is 5.32 Å². The summed E-state index contributed by atoms with van der Waals surface area (Å²) in [5.41, 5.74) is 3.44. The summed E-state index contributed by atoms with van der Waals surface area (Å²) >= 11 is 0. The van der Waals surface area contributed by atoms with Gasteiger partial charge in [-0.25, -0.2) is 0 Å². The molecule has 4 nitrogen and oxygen atoms in total. The Hall–Kier alpha value is -2.10.